The number of nitrogens with two attached hydrogens (primary N) is 1. The molecule has 0 aliphatic carbocycles. The monoisotopic (exact) mass is 228 g/mol. The van der Waals surface area contributed by atoms with E-state index in [0.29, 0.717) is 0 Å². The minimum atomic E-state index is -0.718. The highest BCUT2D eigenvalue weighted by Gasteiger charge is 2.16. The zero-order valence-corrected chi connectivity index (χ0v) is 9.76. The molecular formula is C11H17FN2O2. The number of carbonyl (C=O) groups is 1. The predicted molar refractivity (Wildman–Crippen MR) is 61.0 cm³/mol. The number of rotatable bonds is 3. The summed E-state index contributed by atoms with van der Waals surface area (Å²) in [6.45, 7) is 11.6. The smallest absolute Gasteiger partial charge is 0.412 e. The molecule has 0 aliphatic rings. The molecular weight excluding hydrogens is 211 g/mol. The lowest BCUT2D eigenvalue weighted by molar-refractivity contribution is 0.0547. The van der Waals surface area contributed by atoms with E-state index in [1.165, 1.54) is 0 Å². The van der Waals surface area contributed by atoms with Gasteiger partial charge in [-0.3, -0.25) is 5.32 Å². The number of nitrogens with one attached hydrogen (secondary N) is 1. The zero-order valence-electron chi connectivity index (χ0n) is 9.76. The molecule has 0 heterocycles. The van der Waals surface area contributed by atoms with Gasteiger partial charge in [-0.2, -0.15) is 0 Å². The number of amides is 1. The van der Waals surface area contributed by atoms with E-state index in [1.807, 2.05) is 0 Å². The van der Waals surface area contributed by atoms with Crippen LogP contribution in [0.3, 0.4) is 0 Å². The third-order valence-electron chi connectivity index (χ3n) is 1.31. The normalized spacial score (nSPS) is 11.9. The summed E-state index contributed by atoms with van der Waals surface area (Å²) in [6, 6.07) is 0. The van der Waals surface area contributed by atoms with Gasteiger partial charge in [0.1, 0.15) is 11.4 Å². The van der Waals surface area contributed by atoms with E-state index in [1.54, 1.807) is 20.8 Å². The van der Waals surface area contributed by atoms with Crippen LogP contribution in [0.15, 0.2) is 36.5 Å². The van der Waals surface area contributed by atoms with Gasteiger partial charge in [-0.05, 0) is 26.8 Å². The maximum absolute atomic E-state index is 12.4. The van der Waals surface area contributed by atoms with Gasteiger partial charge < -0.3 is 10.5 Å². The maximum atomic E-state index is 12.4. The van der Waals surface area contributed by atoms with Crippen molar-refractivity contribution in [3.05, 3.63) is 36.5 Å². The number of allylic oxidation sites excluding steroid dienone is 2. The first-order chi connectivity index (χ1) is 7.11. The van der Waals surface area contributed by atoms with Crippen molar-refractivity contribution in [3.63, 3.8) is 0 Å². The third kappa shape index (κ3) is 6.64. The lowest BCUT2D eigenvalue weighted by Crippen LogP contribution is -2.33. The summed E-state index contributed by atoms with van der Waals surface area (Å²) in [7, 11) is 0. The van der Waals surface area contributed by atoms with E-state index in [2.05, 4.69) is 18.5 Å². The Bertz CT molecular complexity index is 340. The molecule has 0 rings (SSSR count). The fraction of sp³-hybridized carbons (Fsp3) is 0.364. The summed E-state index contributed by atoms with van der Waals surface area (Å²) in [5.41, 5.74) is 4.85. The van der Waals surface area contributed by atoms with Crippen LogP contribution in [-0.4, -0.2) is 11.7 Å². The second-order valence-corrected chi connectivity index (χ2v) is 4.15. The molecule has 0 aliphatic heterocycles. The summed E-state index contributed by atoms with van der Waals surface area (Å²) in [5.74, 6) is -0.718. The third-order valence-corrected chi connectivity index (χ3v) is 1.31. The van der Waals surface area contributed by atoms with E-state index in [9.17, 15) is 9.18 Å². The molecule has 0 aromatic heterocycles. The first kappa shape index (κ1) is 14.2. The predicted octanol–water partition coefficient (Wildman–Crippen LogP) is 2.35. The van der Waals surface area contributed by atoms with Crippen LogP contribution in [-0.2, 0) is 4.74 Å². The van der Waals surface area contributed by atoms with Crippen molar-refractivity contribution in [2.24, 2.45) is 5.73 Å². The summed E-state index contributed by atoms with van der Waals surface area (Å²) < 4.78 is 17.3. The Labute approximate surface area is 94.7 Å². The molecule has 0 aromatic carbocycles. The van der Waals surface area contributed by atoms with E-state index in [4.69, 9.17) is 10.5 Å². The number of halogens is 1. The molecule has 0 aromatic rings. The summed E-state index contributed by atoms with van der Waals surface area (Å²) in [4.78, 5) is 11.3. The largest absolute Gasteiger partial charge is 0.444 e. The quantitative estimate of drug-likeness (QED) is 0.729. The molecule has 0 bridgehead atoms. The Balaban J connectivity index is 4.37. The Morgan fingerprint density at radius 3 is 2.31 bits per heavy atom. The van der Waals surface area contributed by atoms with Crippen molar-refractivity contribution in [1.29, 1.82) is 0 Å². The molecule has 1 amide bonds. The average Bonchev–Trinajstić information content (AvgIpc) is 1.98. The number of carbonyl (C=O) groups excluding carboxylic acids is 1. The molecule has 16 heavy (non-hydrogen) atoms. The molecule has 0 saturated carbocycles. The van der Waals surface area contributed by atoms with Crippen molar-refractivity contribution < 1.29 is 13.9 Å². The first-order valence-corrected chi connectivity index (χ1v) is 4.62. The van der Waals surface area contributed by atoms with Gasteiger partial charge in [0.25, 0.3) is 0 Å². The summed E-state index contributed by atoms with van der Waals surface area (Å²) in [5, 5.41) is 2.28. The second-order valence-electron chi connectivity index (χ2n) is 4.15. The van der Waals surface area contributed by atoms with Crippen molar-refractivity contribution in [1.82, 2.24) is 5.32 Å². The van der Waals surface area contributed by atoms with Gasteiger partial charge in [-0.25, -0.2) is 9.18 Å². The maximum Gasteiger partial charge on any atom is 0.412 e. The molecule has 4 nitrogen and oxygen atoms in total. The van der Waals surface area contributed by atoms with Crippen LogP contribution in [0.5, 0.6) is 0 Å². The molecule has 3 N–H and O–H groups in total. The number of hydrogen-bond donors (Lipinski definition) is 2. The fourth-order valence-corrected chi connectivity index (χ4v) is 0.755. The lowest BCUT2D eigenvalue weighted by atomic mass is 10.2. The highest BCUT2D eigenvalue weighted by atomic mass is 19.1. The number of hydrogen-bond acceptors (Lipinski definition) is 3. The highest BCUT2D eigenvalue weighted by Crippen LogP contribution is 2.08. The van der Waals surface area contributed by atoms with Crippen LogP contribution in [0.2, 0.25) is 0 Å². The Hall–Kier alpha value is -1.78. The van der Waals surface area contributed by atoms with Crippen molar-refractivity contribution in [3.8, 4) is 0 Å². The van der Waals surface area contributed by atoms with Gasteiger partial charge in [0, 0.05) is 0 Å². The number of ether oxygens (including phenoxy) is 1. The van der Waals surface area contributed by atoms with Gasteiger partial charge in [0.05, 0.1) is 11.4 Å². The lowest BCUT2D eigenvalue weighted by Gasteiger charge is -2.20. The van der Waals surface area contributed by atoms with Crippen LogP contribution in [0, 0.1) is 0 Å². The van der Waals surface area contributed by atoms with E-state index >= 15 is 0 Å². The SMILES string of the molecule is C=C(F)/C=C(/N)C(=C)NC(=O)OC(C)(C)C. The Morgan fingerprint density at radius 2 is 1.94 bits per heavy atom. The minimum absolute atomic E-state index is 0.0154. The van der Waals surface area contributed by atoms with Crippen LogP contribution in [0.4, 0.5) is 9.18 Å². The molecule has 0 spiro atoms. The highest BCUT2D eigenvalue weighted by molar-refractivity contribution is 5.71. The molecule has 0 unspecified atom stereocenters. The van der Waals surface area contributed by atoms with Crippen LogP contribution in [0.25, 0.3) is 0 Å². The van der Waals surface area contributed by atoms with Crippen LogP contribution in [0.1, 0.15) is 20.8 Å². The average molecular weight is 228 g/mol. The summed E-state index contributed by atoms with van der Waals surface area (Å²) >= 11 is 0. The van der Waals surface area contributed by atoms with Crippen LogP contribution < -0.4 is 11.1 Å². The van der Waals surface area contributed by atoms with Gasteiger partial charge in [-0.15, -0.1) is 0 Å². The molecule has 5 heteroatoms. The second kappa shape index (κ2) is 5.34. The first-order valence-electron chi connectivity index (χ1n) is 4.62. The van der Waals surface area contributed by atoms with Gasteiger partial charge in [0.2, 0.25) is 0 Å². The molecule has 0 radical (unpaired) electrons. The van der Waals surface area contributed by atoms with Crippen LogP contribution >= 0.6 is 0 Å². The summed E-state index contributed by atoms with van der Waals surface area (Å²) in [6.07, 6.45) is 0.262. The zero-order chi connectivity index (χ0) is 12.9. The van der Waals surface area contributed by atoms with E-state index < -0.39 is 17.5 Å². The van der Waals surface area contributed by atoms with E-state index in [0.717, 1.165) is 6.08 Å². The van der Waals surface area contributed by atoms with Gasteiger partial charge in [0.15, 0.2) is 0 Å². The fourth-order valence-electron chi connectivity index (χ4n) is 0.755. The van der Waals surface area contributed by atoms with Crippen molar-refractivity contribution in [2.45, 2.75) is 26.4 Å². The van der Waals surface area contributed by atoms with Crippen molar-refractivity contribution >= 4 is 6.09 Å². The Morgan fingerprint density at radius 1 is 1.44 bits per heavy atom. The molecule has 0 saturated heterocycles. The van der Waals surface area contributed by atoms with E-state index in [-0.39, 0.29) is 11.4 Å². The molecule has 0 fully saturated rings. The standard InChI is InChI=1S/C11H17FN2O2/c1-7(12)6-9(13)8(2)14-10(15)16-11(3,4)5/h6H,1-2,13H2,3-5H3,(H,14,15)/b9-6+. The van der Waals surface area contributed by atoms with Crippen molar-refractivity contribution in [2.75, 3.05) is 0 Å². The molecule has 90 valence electrons. The van der Waals surface area contributed by atoms with Gasteiger partial charge >= 0.3 is 6.09 Å². The minimum Gasteiger partial charge on any atom is -0.444 e. The Kier molecular flexibility index (Phi) is 4.75. The number of alkyl carbamates (subject to hydrolysis) is 1. The molecule has 0 atom stereocenters. The van der Waals surface area contributed by atoms with Gasteiger partial charge in [-0.1, -0.05) is 13.2 Å². The topological polar surface area (TPSA) is 64.3 Å².